The van der Waals surface area contributed by atoms with Crippen molar-refractivity contribution in [1.82, 2.24) is 14.9 Å². The molecule has 0 aliphatic carbocycles. The van der Waals surface area contributed by atoms with E-state index in [1.807, 2.05) is 63.9 Å². The molecule has 2 amide bonds. The Hall–Kier alpha value is -3.56. The summed E-state index contributed by atoms with van der Waals surface area (Å²) in [7, 11) is 3.58. The van der Waals surface area contributed by atoms with Crippen molar-refractivity contribution in [1.29, 1.82) is 0 Å². The zero-order chi connectivity index (χ0) is 24.9. The molecule has 2 aromatic rings. The van der Waals surface area contributed by atoms with Gasteiger partial charge in [-0.15, -0.1) is 0 Å². The molecule has 1 N–H and O–H groups in total. The fourth-order valence-electron chi connectivity index (χ4n) is 3.38. The third-order valence-electron chi connectivity index (χ3n) is 5.13. The molecule has 0 fully saturated rings. The summed E-state index contributed by atoms with van der Waals surface area (Å²) in [5.41, 5.74) is 0.624. The summed E-state index contributed by atoms with van der Waals surface area (Å²) >= 11 is 0. The van der Waals surface area contributed by atoms with Crippen molar-refractivity contribution < 1.29 is 19.1 Å². The maximum absolute atomic E-state index is 13.4. The number of benzene rings is 1. The van der Waals surface area contributed by atoms with Gasteiger partial charge in [0.2, 0.25) is 5.95 Å². The number of aromatic nitrogens is 2. The number of carbonyl (C=O) groups excluding carboxylic acids is 2. The van der Waals surface area contributed by atoms with Crippen LogP contribution < -0.4 is 19.9 Å². The van der Waals surface area contributed by atoms with Crippen LogP contribution in [0.15, 0.2) is 30.5 Å². The molecule has 2 heterocycles. The van der Waals surface area contributed by atoms with Gasteiger partial charge >= 0.3 is 6.09 Å². The number of carbonyl (C=O) groups is 2. The lowest BCUT2D eigenvalue weighted by atomic mass is 10.2. The van der Waals surface area contributed by atoms with E-state index < -0.39 is 11.7 Å². The van der Waals surface area contributed by atoms with Gasteiger partial charge < -0.3 is 29.5 Å². The maximum atomic E-state index is 13.4. The number of rotatable bonds is 7. The lowest BCUT2D eigenvalue weighted by molar-refractivity contribution is 0.0278. The number of nitrogens with zero attached hydrogens (tertiary/aromatic N) is 5. The number of fused-ring (bicyclic) bond motifs is 1. The van der Waals surface area contributed by atoms with E-state index in [0.29, 0.717) is 55.9 Å². The van der Waals surface area contributed by atoms with E-state index in [0.717, 1.165) is 5.69 Å². The third-order valence-corrected chi connectivity index (χ3v) is 5.13. The Bertz CT molecular complexity index is 1020. The largest absolute Gasteiger partial charge is 0.492 e. The summed E-state index contributed by atoms with van der Waals surface area (Å²) in [6, 6.07) is 7.36. The number of ether oxygens (including phenoxy) is 2. The van der Waals surface area contributed by atoms with Crippen LogP contribution in [0.3, 0.4) is 0 Å². The van der Waals surface area contributed by atoms with Crippen LogP contribution in [0.5, 0.6) is 5.75 Å². The SMILES string of the molecule is CCNc1ncc2c(n1)N(C)CCN(c1cccc(OCCN(C)C(=O)OC(C)(C)C)c1)C2=O. The predicted molar refractivity (Wildman–Crippen MR) is 132 cm³/mol. The van der Waals surface area contributed by atoms with Gasteiger partial charge in [0.25, 0.3) is 5.91 Å². The fourth-order valence-corrected chi connectivity index (χ4v) is 3.38. The first-order valence-electron chi connectivity index (χ1n) is 11.4. The van der Waals surface area contributed by atoms with Crippen LogP contribution in [-0.4, -0.2) is 79.4 Å². The molecular weight excluding hydrogens is 436 g/mol. The van der Waals surface area contributed by atoms with Gasteiger partial charge in [-0.05, 0) is 39.8 Å². The number of hydrogen-bond donors (Lipinski definition) is 1. The minimum absolute atomic E-state index is 0.163. The molecule has 1 aromatic carbocycles. The lowest BCUT2D eigenvalue weighted by Crippen LogP contribution is -2.36. The van der Waals surface area contributed by atoms with Crippen molar-refractivity contribution in [3.05, 3.63) is 36.0 Å². The van der Waals surface area contributed by atoms with Crippen LogP contribution >= 0.6 is 0 Å². The average molecular weight is 471 g/mol. The van der Waals surface area contributed by atoms with E-state index in [1.165, 1.54) is 4.90 Å². The summed E-state index contributed by atoms with van der Waals surface area (Å²) < 4.78 is 11.2. The minimum atomic E-state index is -0.550. The Kier molecular flexibility index (Phi) is 7.80. The number of nitrogens with one attached hydrogen (secondary N) is 1. The van der Waals surface area contributed by atoms with E-state index >= 15 is 0 Å². The Morgan fingerprint density at radius 2 is 2.03 bits per heavy atom. The molecule has 0 saturated heterocycles. The third kappa shape index (κ3) is 6.27. The second-order valence-electron chi connectivity index (χ2n) is 9.09. The van der Waals surface area contributed by atoms with Gasteiger partial charge in [-0.3, -0.25) is 4.79 Å². The molecular formula is C24H34N6O4. The van der Waals surface area contributed by atoms with E-state index in [2.05, 4.69) is 15.3 Å². The van der Waals surface area contributed by atoms with Gasteiger partial charge in [-0.2, -0.15) is 4.98 Å². The van der Waals surface area contributed by atoms with E-state index in [-0.39, 0.29) is 5.91 Å². The van der Waals surface area contributed by atoms with Gasteiger partial charge in [-0.25, -0.2) is 9.78 Å². The van der Waals surface area contributed by atoms with E-state index in [4.69, 9.17) is 9.47 Å². The van der Waals surface area contributed by atoms with Crippen molar-refractivity contribution in [2.24, 2.45) is 0 Å². The van der Waals surface area contributed by atoms with Gasteiger partial charge in [0, 0.05) is 51.7 Å². The smallest absolute Gasteiger partial charge is 0.410 e. The first-order valence-corrected chi connectivity index (χ1v) is 11.4. The summed E-state index contributed by atoms with van der Waals surface area (Å²) in [5, 5.41) is 3.09. The molecule has 34 heavy (non-hydrogen) atoms. The van der Waals surface area contributed by atoms with Crippen molar-refractivity contribution in [3.63, 3.8) is 0 Å². The summed E-state index contributed by atoms with van der Waals surface area (Å²) in [6.45, 7) is 9.92. The van der Waals surface area contributed by atoms with Crippen LogP contribution in [0.2, 0.25) is 0 Å². The Morgan fingerprint density at radius 3 is 2.74 bits per heavy atom. The summed E-state index contributed by atoms with van der Waals surface area (Å²) in [4.78, 5) is 39.4. The normalized spacial score (nSPS) is 13.8. The molecule has 1 aromatic heterocycles. The molecule has 10 nitrogen and oxygen atoms in total. The minimum Gasteiger partial charge on any atom is -0.492 e. The van der Waals surface area contributed by atoms with Crippen molar-refractivity contribution >= 4 is 29.5 Å². The topological polar surface area (TPSA) is 100 Å². The standard InChI is InChI=1S/C24H34N6O4/c1-7-25-22-26-16-19-20(27-22)28(5)11-12-30(21(19)31)17-9-8-10-18(15-17)33-14-13-29(6)23(32)34-24(2,3)4/h8-10,15-16H,7,11-14H2,1-6H3,(H,25,26,27). The molecule has 10 heteroatoms. The van der Waals surface area contributed by atoms with Crippen molar-refractivity contribution in [3.8, 4) is 5.75 Å². The first kappa shape index (κ1) is 25.1. The van der Waals surface area contributed by atoms with Gasteiger partial charge in [0.15, 0.2) is 0 Å². The molecule has 0 atom stereocenters. The zero-order valence-electron chi connectivity index (χ0n) is 20.8. The molecule has 0 radical (unpaired) electrons. The number of anilines is 3. The Labute approximate surface area is 200 Å². The van der Waals surface area contributed by atoms with Crippen LogP contribution in [-0.2, 0) is 4.74 Å². The molecule has 0 spiro atoms. The second-order valence-corrected chi connectivity index (χ2v) is 9.09. The maximum Gasteiger partial charge on any atom is 0.410 e. The quantitative estimate of drug-likeness (QED) is 0.658. The highest BCUT2D eigenvalue weighted by atomic mass is 16.6. The second kappa shape index (κ2) is 10.6. The number of hydrogen-bond acceptors (Lipinski definition) is 8. The lowest BCUT2D eigenvalue weighted by Gasteiger charge is -2.24. The predicted octanol–water partition coefficient (Wildman–Crippen LogP) is 3.25. The summed E-state index contributed by atoms with van der Waals surface area (Å²) in [6.07, 6.45) is 1.17. The molecule has 0 saturated carbocycles. The Balaban J connectivity index is 1.69. The monoisotopic (exact) mass is 470 g/mol. The molecule has 1 aliphatic heterocycles. The zero-order valence-corrected chi connectivity index (χ0v) is 20.8. The number of likely N-dealkylation sites (N-methyl/N-ethyl adjacent to an activating group) is 2. The molecule has 184 valence electrons. The average Bonchev–Trinajstić information content (AvgIpc) is 2.89. The van der Waals surface area contributed by atoms with E-state index in [9.17, 15) is 9.59 Å². The molecule has 3 rings (SSSR count). The highest BCUT2D eigenvalue weighted by molar-refractivity contribution is 6.09. The molecule has 0 unspecified atom stereocenters. The van der Waals surface area contributed by atoms with Crippen LogP contribution in [0.25, 0.3) is 0 Å². The Morgan fingerprint density at radius 1 is 1.26 bits per heavy atom. The van der Waals surface area contributed by atoms with Crippen molar-refractivity contribution in [2.75, 3.05) is 62.0 Å². The van der Waals surface area contributed by atoms with Gasteiger partial charge in [0.1, 0.15) is 29.3 Å². The van der Waals surface area contributed by atoms with Crippen molar-refractivity contribution in [2.45, 2.75) is 33.3 Å². The van der Waals surface area contributed by atoms with Gasteiger partial charge in [0.05, 0.1) is 6.54 Å². The van der Waals surface area contributed by atoms with Crippen LogP contribution in [0.4, 0.5) is 22.2 Å². The fraction of sp³-hybridized carbons (Fsp3) is 0.500. The molecule has 1 aliphatic rings. The van der Waals surface area contributed by atoms with Gasteiger partial charge in [-0.1, -0.05) is 6.07 Å². The highest BCUT2D eigenvalue weighted by Gasteiger charge is 2.28. The molecule has 0 bridgehead atoms. The van der Waals surface area contributed by atoms with E-state index in [1.54, 1.807) is 18.1 Å². The first-order chi connectivity index (χ1) is 16.1. The van der Waals surface area contributed by atoms with Crippen LogP contribution in [0, 0.1) is 0 Å². The number of amides is 2. The summed E-state index contributed by atoms with van der Waals surface area (Å²) in [5.74, 6) is 1.56. The highest BCUT2D eigenvalue weighted by Crippen LogP contribution is 2.28. The van der Waals surface area contributed by atoms with Crippen LogP contribution in [0.1, 0.15) is 38.1 Å².